The molecule has 0 fully saturated rings. The molecule has 2 rings (SSSR count). The second-order valence-electron chi connectivity index (χ2n) is 2.97. The highest BCUT2D eigenvalue weighted by Crippen LogP contribution is 2.23. The van der Waals surface area contributed by atoms with Crippen LogP contribution in [0.2, 0.25) is 0 Å². The van der Waals surface area contributed by atoms with E-state index in [9.17, 15) is 0 Å². The van der Waals surface area contributed by atoms with Gasteiger partial charge in [0.1, 0.15) is 11.3 Å². The topological polar surface area (TPSA) is 22.1 Å². The molecule has 1 aromatic heterocycles. The highest BCUT2D eigenvalue weighted by Gasteiger charge is 2.02. The van der Waals surface area contributed by atoms with E-state index in [4.69, 9.17) is 16.3 Å². The Hall–Kier alpha value is -1.28. The second kappa shape index (κ2) is 3.84. The molecule has 0 aliphatic carbocycles. The second-order valence-corrected chi connectivity index (χ2v) is 3.24. The Labute approximate surface area is 87.5 Å². The molecule has 0 atom stereocenters. The van der Waals surface area contributed by atoms with Gasteiger partial charge in [0.25, 0.3) is 0 Å². The third-order valence-electron chi connectivity index (χ3n) is 2.10. The van der Waals surface area contributed by atoms with Gasteiger partial charge < -0.3 is 4.74 Å². The van der Waals surface area contributed by atoms with Crippen LogP contribution in [-0.4, -0.2) is 12.1 Å². The largest absolute Gasteiger partial charge is 0.494 e. The minimum Gasteiger partial charge on any atom is -0.494 e. The van der Waals surface area contributed by atoms with Crippen LogP contribution in [0, 0.1) is 0 Å². The Kier molecular flexibility index (Phi) is 2.55. The number of hydrogen-bond acceptors (Lipinski definition) is 2. The van der Waals surface area contributed by atoms with Gasteiger partial charge in [0.15, 0.2) is 0 Å². The Morgan fingerprint density at radius 3 is 2.86 bits per heavy atom. The minimum absolute atomic E-state index is 0.425. The number of aromatic nitrogens is 1. The van der Waals surface area contributed by atoms with Gasteiger partial charge in [-0.25, -0.2) is 4.98 Å². The summed E-state index contributed by atoms with van der Waals surface area (Å²) in [5, 5.41) is 1.07. The van der Waals surface area contributed by atoms with E-state index in [-0.39, 0.29) is 0 Å². The first-order valence-electron chi connectivity index (χ1n) is 4.34. The van der Waals surface area contributed by atoms with Gasteiger partial charge in [-0.2, -0.15) is 0 Å². The molecular weight excluding hydrogens is 198 g/mol. The van der Waals surface area contributed by atoms with Gasteiger partial charge >= 0.3 is 0 Å². The van der Waals surface area contributed by atoms with Crippen LogP contribution in [-0.2, 0) is 5.88 Å². The van der Waals surface area contributed by atoms with Crippen molar-refractivity contribution in [2.45, 2.75) is 5.88 Å². The zero-order valence-electron chi connectivity index (χ0n) is 7.83. The first-order chi connectivity index (χ1) is 6.85. The molecule has 2 aromatic rings. The van der Waals surface area contributed by atoms with Crippen LogP contribution >= 0.6 is 11.6 Å². The maximum atomic E-state index is 5.72. The molecule has 0 amide bonds. The van der Waals surface area contributed by atoms with Crippen molar-refractivity contribution < 1.29 is 4.74 Å². The summed E-state index contributed by atoms with van der Waals surface area (Å²) in [5.74, 6) is 1.21. The van der Waals surface area contributed by atoms with E-state index in [1.807, 2.05) is 30.3 Å². The molecule has 72 valence electrons. The standard InChI is InChI=1S/C11H10ClNO/c1-14-10-4-2-3-8-5-6-9(7-12)13-11(8)10/h2-6H,7H2,1H3. The quantitative estimate of drug-likeness (QED) is 0.707. The average molecular weight is 208 g/mol. The zero-order valence-corrected chi connectivity index (χ0v) is 8.58. The van der Waals surface area contributed by atoms with E-state index in [0.717, 1.165) is 22.3 Å². The monoisotopic (exact) mass is 207 g/mol. The third kappa shape index (κ3) is 1.53. The van der Waals surface area contributed by atoms with Crippen LogP contribution in [0.5, 0.6) is 5.75 Å². The number of methoxy groups -OCH3 is 1. The van der Waals surface area contributed by atoms with Crippen molar-refractivity contribution in [2.24, 2.45) is 0 Å². The summed E-state index contributed by atoms with van der Waals surface area (Å²) in [5.41, 5.74) is 1.73. The lowest BCUT2D eigenvalue weighted by molar-refractivity contribution is 0.419. The van der Waals surface area contributed by atoms with E-state index in [1.54, 1.807) is 7.11 Å². The molecule has 0 bridgehead atoms. The normalized spacial score (nSPS) is 10.4. The van der Waals surface area contributed by atoms with Crippen molar-refractivity contribution in [3.63, 3.8) is 0 Å². The van der Waals surface area contributed by atoms with Crippen molar-refractivity contribution >= 4 is 22.5 Å². The number of hydrogen-bond donors (Lipinski definition) is 0. The predicted molar refractivity (Wildman–Crippen MR) is 57.9 cm³/mol. The van der Waals surface area contributed by atoms with E-state index in [2.05, 4.69) is 4.98 Å². The fourth-order valence-electron chi connectivity index (χ4n) is 1.40. The maximum Gasteiger partial charge on any atom is 0.145 e. The maximum absolute atomic E-state index is 5.72. The highest BCUT2D eigenvalue weighted by molar-refractivity contribution is 6.17. The molecule has 14 heavy (non-hydrogen) atoms. The van der Waals surface area contributed by atoms with Gasteiger partial charge in [-0.05, 0) is 12.1 Å². The number of ether oxygens (including phenoxy) is 1. The number of para-hydroxylation sites is 1. The van der Waals surface area contributed by atoms with Crippen LogP contribution in [0.3, 0.4) is 0 Å². The molecule has 0 N–H and O–H groups in total. The molecule has 3 heteroatoms. The van der Waals surface area contributed by atoms with Crippen molar-refractivity contribution in [1.82, 2.24) is 4.98 Å². The average Bonchev–Trinajstić information content (AvgIpc) is 2.27. The van der Waals surface area contributed by atoms with Gasteiger partial charge in [-0.3, -0.25) is 0 Å². The van der Waals surface area contributed by atoms with Crippen molar-refractivity contribution in [3.8, 4) is 5.75 Å². The lowest BCUT2D eigenvalue weighted by Crippen LogP contribution is -1.90. The van der Waals surface area contributed by atoms with Crippen molar-refractivity contribution in [1.29, 1.82) is 0 Å². The fourth-order valence-corrected chi connectivity index (χ4v) is 1.55. The molecule has 0 radical (unpaired) electrons. The highest BCUT2D eigenvalue weighted by atomic mass is 35.5. The van der Waals surface area contributed by atoms with Crippen LogP contribution in [0.15, 0.2) is 30.3 Å². The van der Waals surface area contributed by atoms with Gasteiger partial charge in [0.05, 0.1) is 18.7 Å². The lowest BCUT2D eigenvalue weighted by Gasteiger charge is -2.04. The number of pyridine rings is 1. The molecule has 0 aliphatic heterocycles. The van der Waals surface area contributed by atoms with Crippen LogP contribution in [0.4, 0.5) is 0 Å². The van der Waals surface area contributed by atoms with E-state index in [0.29, 0.717) is 5.88 Å². The zero-order chi connectivity index (χ0) is 9.97. The SMILES string of the molecule is COc1cccc2ccc(CCl)nc12. The van der Waals surface area contributed by atoms with E-state index < -0.39 is 0 Å². The Bertz CT molecular complexity index is 456. The third-order valence-corrected chi connectivity index (χ3v) is 2.37. The van der Waals surface area contributed by atoms with Crippen LogP contribution in [0.1, 0.15) is 5.69 Å². The summed E-state index contributed by atoms with van der Waals surface area (Å²) in [6.45, 7) is 0. The Balaban J connectivity index is 2.70. The first kappa shape index (κ1) is 9.28. The molecule has 0 unspecified atom stereocenters. The number of alkyl halides is 1. The van der Waals surface area contributed by atoms with Crippen LogP contribution in [0.25, 0.3) is 10.9 Å². The predicted octanol–water partition coefficient (Wildman–Crippen LogP) is 2.98. The summed E-state index contributed by atoms with van der Waals surface area (Å²) in [7, 11) is 1.64. The molecule has 1 aromatic carbocycles. The van der Waals surface area contributed by atoms with E-state index in [1.165, 1.54) is 0 Å². The fraction of sp³-hybridized carbons (Fsp3) is 0.182. The van der Waals surface area contributed by atoms with Crippen molar-refractivity contribution in [3.05, 3.63) is 36.0 Å². The summed E-state index contributed by atoms with van der Waals surface area (Å²) in [6.07, 6.45) is 0. The summed E-state index contributed by atoms with van der Waals surface area (Å²) in [4.78, 5) is 4.41. The first-order valence-corrected chi connectivity index (χ1v) is 4.87. The number of nitrogens with zero attached hydrogens (tertiary/aromatic N) is 1. The van der Waals surface area contributed by atoms with Gasteiger partial charge in [-0.15, -0.1) is 11.6 Å². The number of benzene rings is 1. The molecule has 0 aliphatic rings. The van der Waals surface area contributed by atoms with Gasteiger partial charge in [-0.1, -0.05) is 18.2 Å². The minimum atomic E-state index is 0.425. The number of rotatable bonds is 2. The molecule has 1 heterocycles. The smallest absolute Gasteiger partial charge is 0.145 e. The van der Waals surface area contributed by atoms with E-state index >= 15 is 0 Å². The number of fused-ring (bicyclic) bond motifs is 1. The molecule has 0 saturated heterocycles. The molecule has 0 saturated carbocycles. The van der Waals surface area contributed by atoms with Crippen LogP contribution < -0.4 is 4.74 Å². The summed E-state index contributed by atoms with van der Waals surface area (Å²) < 4.78 is 5.22. The molecule has 0 spiro atoms. The Morgan fingerprint density at radius 1 is 1.29 bits per heavy atom. The van der Waals surface area contributed by atoms with Gasteiger partial charge in [0, 0.05) is 5.39 Å². The summed E-state index contributed by atoms with van der Waals surface area (Å²) >= 11 is 5.72. The molecule has 2 nitrogen and oxygen atoms in total. The van der Waals surface area contributed by atoms with Gasteiger partial charge in [0.2, 0.25) is 0 Å². The Morgan fingerprint density at radius 2 is 2.14 bits per heavy atom. The van der Waals surface area contributed by atoms with Crippen molar-refractivity contribution in [2.75, 3.05) is 7.11 Å². The molecular formula is C11H10ClNO. The number of halogens is 1. The summed E-state index contributed by atoms with van der Waals surface area (Å²) in [6, 6.07) is 9.77. The lowest BCUT2D eigenvalue weighted by atomic mass is 10.2.